The zero-order valence-electron chi connectivity index (χ0n) is 15.9. The summed E-state index contributed by atoms with van der Waals surface area (Å²) in [6.07, 6.45) is 1.68. The largest absolute Gasteiger partial charge is 0.381 e. The van der Waals surface area contributed by atoms with Crippen LogP contribution in [-0.2, 0) is 14.3 Å². The summed E-state index contributed by atoms with van der Waals surface area (Å²) < 4.78 is 29.6. The molecule has 0 saturated carbocycles. The van der Waals surface area contributed by atoms with Crippen molar-refractivity contribution in [1.82, 2.24) is 15.0 Å². The topological polar surface area (TPSA) is 77.7 Å². The normalized spacial score (nSPS) is 21.4. The molecular formula is C20H24FN3O4. The van der Waals surface area contributed by atoms with Crippen molar-refractivity contribution in [3.8, 4) is 11.4 Å². The van der Waals surface area contributed by atoms with Crippen LogP contribution in [0.1, 0.15) is 31.6 Å². The third kappa shape index (κ3) is 3.66. The molecule has 0 aliphatic carbocycles. The SMILES string of the molecule is CCOCC(=O)N1CC(c2nc(-c3ccc(F)cc3)no2)C2(CCOCC2)C1. The Bertz CT molecular complexity index is 817. The summed E-state index contributed by atoms with van der Waals surface area (Å²) in [6.45, 7) is 4.94. The highest BCUT2D eigenvalue weighted by Crippen LogP contribution is 2.49. The van der Waals surface area contributed by atoms with E-state index in [9.17, 15) is 9.18 Å². The van der Waals surface area contributed by atoms with E-state index in [1.54, 1.807) is 12.1 Å². The number of halogens is 1. The number of ether oxygens (including phenoxy) is 2. The Hall–Kier alpha value is -2.32. The predicted octanol–water partition coefficient (Wildman–Crippen LogP) is 2.63. The van der Waals surface area contributed by atoms with Gasteiger partial charge in [0.15, 0.2) is 0 Å². The lowest BCUT2D eigenvalue weighted by Gasteiger charge is -2.36. The zero-order valence-corrected chi connectivity index (χ0v) is 15.9. The van der Waals surface area contributed by atoms with Gasteiger partial charge in [-0.15, -0.1) is 0 Å². The second kappa shape index (κ2) is 7.97. The number of benzene rings is 1. The van der Waals surface area contributed by atoms with Gasteiger partial charge in [-0.2, -0.15) is 4.98 Å². The van der Waals surface area contributed by atoms with E-state index in [0.29, 0.717) is 50.2 Å². The smallest absolute Gasteiger partial charge is 0.248 e. The zero-order chi connectivity index (χ0) is 19.6. The molecule has 1 atom stereocenters. The molecule has 2 fully saturated rings. The first-order valence-electron chi connectivity index (χ1n) is 9.64. The van der Waals surface area contributed by atoms with Crippen LogP contribution in [0, 0.1) is 11.2 Å². The summed E-state index contributed by atoms with van der Waals surface area (Å²) in [5, 5.41) is 4.09. The van der Waals surface area contributed by atoms with Crippen LogP contribution in [0.15, 0.2) is 28.8 Å². The van der Waals surface area contributed by atoms with E-state index in [2.05, 4.69) is 10.1 Å². The standard InChI is InChI=1S/C20H24FN3O4/c1-2-26-12-17(25)24-11-16(20(13-24)7-9-27-10-8-20)19-22-18(23-28-19)14-3-5-15(21)6-4-14/h3-6,16H,2,7-13H2,1H3. The molecule has 7 nitrogen and oxygen atoms in total. The minimum atomic E-state index is -0.312. The lowest BCUT2D eigenvalue weighted by atomic mass is 9.72. The van der Waals surface area contributed by atoms with Crippen molar-refractivity contribution in [3.05, 3.63) is 36.0 Å². The predicted molar refractivity (Wildman–Crippen MR) is 98.0 cm³/mol. The lowest BCUT2D eigenvalue weighted by molar-refractivity contribution is -0.135. The number of nitrogens with zero attached hydrogens (tertiary/aromatic N) is 3. The molecule has 0 bridgehead atoms. The van der Waals surface area contributed by atoms with E-state index >= 15 is 0 Å². The molecule has 2 aliphatic heterocycles. The molecule has 3 heterocycles. The molecule has 2 aromatic rings. The maximum atomic E-state index is 13.2. The van der Waals surface area contributed by atoms with Crippen LogP contribution in [0.4, 0.5) is 4.39 Å². The number of hydrogen-bond donors (Lipinski definition) is 0. The average molecular weight is 389 g/mol. The van der Waals surface area contributed by atoms with Crippen LogP contribution in [0.25, 0.3) is 11.4 Å². The summed E-state index contributed by atoms with van der Waals surface area (Å²) in [7, 11) is 0. The van der Waals surface area contributed by atoms with E-state index in [4.69, 9.17) is 14.0 Å². The van der Waals surface area contributed by atoms with Gasteiger partial charge in [0.2, 0.25) is 17.6 Å². The fraction of sp³-hybridized carbons (Fsp3) is 0.550. The molecule has 1 amide bonds. The van der Waals surface area contributed by atoms with E-state index in [1.807, 2.05) is 11.8 Å². The lowest BCUT2D eigenvalue weighted by Crippen LogP contribution is -2.38. The van der Waals surface area contributed by atoms with Crippen LogP contribution in [0.3, 0.4) is 0 Å². The van der Waals surface area contributed by atoms with Crippen LogP contribution in [-0.4, -0.2) is 60.5 Å². The van der Waals surface area contributed by atoms with Crippen LogP contribution in [0.5, 0.6) is 0 Å². The highest BCUT2D eigenvalue weighted by Gasteiger charge is 2.51. The number of likely N-dealkylation sites (tertiary alicyclic amines) is 1. The number of rotatable bonds is 5. The molecule has 2 aliphatic rings. The molecule has 0 radical (unpaired) electrons. The Morgan fingerprint density at radius 1 is 1.32 bits per heavy atom. The first kappa shape index (κ1) is 19.0. The van der Waals surface area contributed by atoms with E-state index < -0.39 is 0 Å². The first-order chi connectivity index (χ1) is 13.6. The first-order valence-corrected chi connectivity index (χ1v) is 9.64. The average Bonchev–Trinajstić information content (AvgIpc) is 3.33. The van der Waals surface area contributed by atoms with Crippen molar-refractivity contribution in [2.75, 3.05) is 39.5 Å². The Morgan fingerprint density at radius 2 is 2.07 bits per heavy atom. The van der Waals surface area contributed by atoms with Gasteiger partial charge in [0.05, 0.1) is 5.92 Å². The van der Waals surface area contributed by atoms with Crippen LogP contribution < -0.4 is 0 Å². The van der Waals surface area contributed by atoms with E-state index in [1.165, 1.54) is 12.1 Å². The summed E-state index contributed by atoms with van der Waals surface area (Å²) in [6, 6.07) is 5.99. The number of hydrogen-bond acceptors (Lipinski definition) is 6. The quantitative estimate of drug-likeness (QED) is 0.782. The highest BCUT2D eigenvalue weighted by atomic mass is 19.1. The number of aromatic nitrogens is 2. The summed E-state index contributed by atoms with van der Waals surface area (Å²) in [5.41, 5.74) is 0.562. The maximum Gasteiger partial charge on any atom is 0.248 e. The van der Waals surface area contributed by atoms with Gasteiger partial charge in [0, 0.05) is 43.9 Å². The summed E-state index contributed by atoms with van der Waals surface area (Å²) >= 11 is 0. The van der Waals surface area contributed by atoms with Crippen molar-refractivity contribution in [1.29, 1.82) is 0 Å². The second-order valence-electron chi connectivity index (χ2n) is 7.40. The number of amides is 1. The maximum absolute atomic E-state index is 13.2. The molecular weight excluding hydrogens is 365 g/mol. The summed E-state index contributed by atoms with van der Waals surface area (Å²) in [5.74, 6) is 0.564. The van der Waals surface area contributed by atoms with Gasteiger partial charge in [-0.05, 0) is 44.0 Å². The Morgan fingerprint density at radius 3 is 2.79 bits per heavy atom. The van der Waals surface area contributed by atoms with Crippen LogP contribution in [0.2, 0.25) is 0 Å². The van der Waals surface area contributed by atoms with Gasteiger partial charge in [0.25, 0.3) is 0 Å². The second-order valence-corrected chi connectivity index (χ2v) is 7.40. The Balaban J connectivity index is 1.59. The fourth-order valence-electron chi connectivity index (χ4n) is 4.16. The molecule has 1 unspecified atom stereocenters. The minimum absolute atomic E-state index is 0.0199. The van der Waals surface area contributed by atoms with E-state index in [0.717, 1.165) is 12.8 Å². The molecule has 1 aromatic carbocycles. The van der Waals surface area contributed by atoms with Gasteiger partial charge in [-0.1, -0.05) is 5.16 Å². The fourth-order valence-corrected chi connectivity index (χ4v) is 4.16. The minimum Gasteiger partial charge on any atom is -0.381 e. The van der Waals surface area contributed by atoms with Crippen molar-refractivity contribution in [3.63, 3.8) is 0 Å². The van der Waals surface area contributed by atoms with Gasteiger partial charge in [0.1, 0.15) is 12.4 Å². The van der Waals surface area contributed by atoms with Crippen molar-refractivity contribution in [2.24, 2.45) is 5.41 Å². The highest BCUT2D eigenvalue weighted by molar-refractivity contribution is 5.78. The van der Waals surface area contributed by atoms with Gasteiger partial charge < -0.3 is 18.9 Å². The Kier molecular flexibility index (Phi) is 5.41. The third-order valence-electron chi connectivity index (χ3n) is 5.76. The molecule has 4 rings (SSSR count). The Labute approximate surface area is 162 Å². The van der Waals surface area contributed by atoms with Gasteiger partial charge in [-0.3, -0.25) is 4.79 Å². The molecule has 150 valence electrons. The molecule has 0 N–H and O–H groups in total. The van der Waals surface area contributed by atoms with Crippen molar-refractivity contribution >= 4 is 5.91 Å². The molecule has 1 spiro atoms. The summed E-state index contributed by atoms with van der Waals surface area (Å²) in [4.78, 5) is 19.0. The van der Waals surface area contributed by atoms with Crippen molar-refractivity contribution in [2.45, 2.75) is 25.7 Å². The van der Waals surface area contributed by atoms with Gasteiger partial charge >= 0.3 is 0 Å². The number of carbonyl (C=O) groups excluding carboxylic acids is 1. The third-order valence-corrected chi connectivity index (χ3v) is 5.76. The molecule has 28 heavy (non-hydrogen) atoms. The molecule has 8 heteroatoms. The van der Waals surface area contributed by atoms with Gasteiger partial charge in [-0.25, -0.2) is 4.39 Å². The van der Waals surface area contributed by atoms with Crippen molar-refractivity contribution < 1.29 is 23.2 Å². The van der Waals surface area contributed by atoms with Crippen LogP contribution >= 0.6 is 0 Å². The number of carbonyl (C=O) groups is 1. The monoisotopic (exact) mass is 389 g/mol. The van der Waals surface area contributed by atoms with E-state index in [-0.39, 0.29) is 29.7 Å². The molecule has 2 saturated heterocycles. The molecule has 1 aromatic heterocycles.